The van der Waals surface area contributed by atoms with Gasteiger partial charge in [0.05, 0.1) is 11.4 Å². The molecule has 0 saturated carbocycles. The molecule has 10 heteroatoms. The largest absolute Gasteiger partial charge is 0.483 e. The quantitative estimate of drug-likeness (QED) is 0.471. The molecule has 6 nitrogen and oxygen atoms in total. The summed E-state index contributed by atoms with van der Waals surface area (Å²) in [7, 11) is 3.26. The summed E-state index contributed by atoms with van der Waals surface area (Å²) in [4.78, 5) is 26.0. The van der Waals surface area contributed by atoms with Crippen molar-refractivity contribution in [1.82, 2.24) is 14.9 Å². The Morgan fingerprint density at radius 2 is 2.19 bits per heavy atom. The maximum atomic E-state index is 14.5. The molecule has 0 aliphatic heterocycles. The Morgan fingerprint density at radius 1 is 1.41 bits per heavy atom. The lowest BCUT2D eigenvalue weighted by atomic mass is 10.1. The van der Waals surface area contributed by atoms with Gasteiger partial charge in [0.1, 0.15) is 33.3 Å². The average molecular weight is 411 g/mol. The van der Waals surface area contributed by atoms with E-state index in [0.29, 0.717) is 20.4 Å². The van der Waals surface area contributed by atoms with E-state index < -0.39 is 23.1 Å². The third-order valence-corrected chi connectivity index (χ3v) is 4.44. The van der Waals surface area contributed by atoms with Crippen molar-refractivity contribution in [2.75, 3.05) is 14.1 Å². The van der Waals surface area contributed by atoms with Gasteiger partial charge in [0.2, 0.25) is 0 Å². The number of carbonyl (C=O) groups is 1. The Balaban J connectivity index is 1.82. The zero-order valence-electron chi connectivity index (χ0n) is 14.2. The molecule has 27 heavy (non-hydrogen) atoms. The smallest absolute Gasteiger partial charge is 0.284 e. The summed E-state index contributed by atoms with van der Waals surface area (Å²) in [5, 5.41) is 0.980. The number of aromatic nitrogens is 2. The number of rotatable bonds is 5. The van der Waals surface area contributed by atoms with Gasteiger partial charge in [0.25, 0.3) is 5.91 Å². The van der Waals surface area contributed by atoms with E-state index in [1.807, 2.05) is 0 Å². The van der Waals surface area contributed by atoms with Crippen LogP contribution in [0.2, 0.25) is 5.02 Å². The van der Waals surface area contributed by atoms with Gasteiger partial charge in [-0.3, -0.25) is 4.79 Å². The average Bonchev–Trinajstić information content (AvgIpc) is 3.01. The summed E-state index contributed by atoms with van der Waals surface area (Å²) in [5.74, 6) is -3.44. The highest BCUT2D eigenvalue weighted by molar-refractivity contribution is 7.18. The minimum absolute atomic E-state index is 0.0736. The Morgan fingerprint density at radius 3 is 2.93 bits per heavy atom. The summed E-state index contributed by atoms with van der Waals surface area (Å²) in [6, 6.07) is 3.72. The van der Waals surface area contributed by atoms with Crippen molar-refractivity contribution in [3.8, 4) is 5.75 Å². The second kappa shape index (κ2) is 7.93. The van der Waals surface area contributed by atoms with Crippen LogP contribution in [0.15, 0.2) is 29.4 Å². The van der Waals surface area contributed by atoms with Crippen molar-refractivity contribution >= 4 is 45.5 Å². The molecule has 0 saturated heterocycles. The minimum Gasteiger partial charge on any atom is -0.483 e. The van der Waals surface area contributed by atoms with Crippen LogP contribution < -0.4 is 4.74 Å². The van der Waals surface area contributed by atoms with Crippen LogP contribution in [0, 0.1) is 11.6 Å². The van der Waals surface area contributed by atoms with Crippen LogP contribution >= 0.6 is 22.9 Å². The van der Waals surface area contributed by atoms with Crippen molar-refractivity contribution in [1.29, 1.82) is 0 Å². The van der Waals surface area contributed by atoms with Crippen LogP contribution in [0.4, 0.5) is 8.78 Å². The fourth-order valence-corrected chi connectivity index (χ4v) is 3.07. The zero-order valence-corrected chi connectivity index (χ0v) is 15.8. The number of aliphatic imine (C=N–C) groups is 1. The number of carbonyl (C=O) groups excluding carboxylic acids is 1. The number of benzene rings is 1. The zero-order chi connectivity index (χ0) is 19.6. The third-order valence-electron chi connectivity index (χ3n) is 3.29. The number of amides is 1. The second-order valence-electron chi connectivity index (χ2n) is 5.62. The standard InChI is InChI=1S/C17H13ClF2N4O2S/c1-24(2)8-22-16(25)14-10(19)3-4-12(15(14)20)26-7-13-23-11-5-9(18)6-21-17(11)27-13/h3-6,8H,7H2,1-2H3/b22-8-. The molecule has 0 aliphatic rings. The molecule has 0 aliphatic carbocycles. The lowest BCUT2D eigenvalue weighted by Crippen LogP contribution is -2.12. The molecule has 2 aromatic heterocycles. The number of nitrogens with zero attached hydrogens (tertiary/aromatic N) is 4. The van der Waals surface area contributed by atoms with Crippen LogP contribution in [0.3, 0.4) is 0 Å². The Kier molecular flexibility index (Phi) is 5.62. The van der Waals surface area contributed by atoms with E-state index in [1.165, 1.54) is 22.4 Å². The van der Waals surface area contributed by atoms with E-state index >= 15 is 0 Å². The predicted octanol–water partition coefficient (Wildman–Crippen LogP) is 3.93. The van der Waals surface area contributed by atoms with Crippen molar-refractivity contribution in [2.24, 2.45) is 4.99 Å². The van der Waals surface area contributed by atoms with E-state index in [0.717, 1.165) is 18.5 Å². The van der Waals surface area contributed by atoms with E-state index in [4.69, 9.17) is 16.3 Å². The number of halogens is 3. The number of hydrogen-bond acceptors (Lipinski definition) is 5. The molecule has 0 unspecified atom stereocenters. The predicted molar refractivity (Wildman–Crippen MR) is 99.6 cm³/mol. The Bertz CT molecular complexity index is 1040. The molecule has 140 valence electrons. The first-order chi connectivity index (χ1) is 12.8. The van der Waals surface area contributed by atoms with Gasteiger partial charge >= 0.3 is 0 Å². The van der Waals surface area contributed by atoms with Crippen LogP contribution in [-0.4, -0.2) is 41.2 Å². The van der Waals surface area contributed by atoms with Crippen molar-refractivity contribution in [3.63, 3.8) is 0 Å². The highest BCUT2D eigenvalue weighted by atomic mass is 35.5. The van der Waals surface area contributed by atoms with E-state index in [9.17, 15) is 13.6 Å². The molecule has 0 bridgehead atoms. The molecule has 0 spiro atoms. The summed E-state index contributed by atoms with van der Waals surface area (Å²) >= 11 is 7.13. The van der Waals surface area contributed by atoms with Crippen LogP contribution in [0.25, 0.3) is 10.3 Å². The summed E-state index contributed by atoms with van der Waals surface area (Å²) in [5.41, 5.74) is -0.178. The maximum Gasteiger partial charge on any atom is 0.284 e. The molecule has 1 aromatic carbocycles. The third kappa shape index (κ3) is 4.37. The molecule has 3 rings (SSSR count). The summed E-state index contributed by atoms with van der Waals surface area (Å²) in [6.45, 7) is -0.0736. The van der Waals surface area contributed by atoms with Gasteiger partial charge in [-0.1, -0.05) is 22.9 Å². The van der Waals surface area contributed by atoms with E-state index in [2.05, 4.69) is 15.0 Å². The monoisotopic (exact) mass is 410 g/mol. The van der Waals surface area contributed by atoms with Crippen molar-refractivity contribution in [3.05, 3.63) is 51.6 Å². The fraction of sp³-hybridized carbons (Fsp3) is 0.176. The SMILES string of the molecule is CN(C)/C=N\C(=O)c1c(F)ccc(OCc2nc3cc(Cl)cnc3s2)c1F. The highest BCUT2D eigenvalue weighted by Gasteiger charge is 2.21. The molecule has 0 atom stereocenters. The number of pyridine rings is 1. The first kappa shape index (κ1) is 19.1. The van der Waals surface area contributed by atoms with Crippen LogP contribution in [-0.2, 0) is 6.61 Å². The first-order valence-corrected chi connectivity index (χ1v) is 8.81. The molecular formula is C17H13ClF2N4O2S. The van der Waals surface area contributed by atoms with E-state index in [-0.39, 0.29) is 12.4 Å². The van der Waals surface area contributed by atoms with Gasteiger partial charge in [-0.05, 0) is 18.2 Å². The minimum atomic E-state index is -1.11. The molecular weight excluding hydrogens is 398 g/mol. The van der Waals surface area contributed by atoms with Gasteiger partial charge in [-0.15, -0.1) is 0 Å². The topological polar surface area (TPSA) is 67.7 Å². The number of hydrogen-bond donors (Lipinski definition) is 0. The molecule has 3 aromatic rings. The van der Waals surface area contributed by atoms with E-state index in [1.54, 1.807) is 20.2 Å². The molecule has 1 amide bonds. The van der Waals surface area contributed by atoms with Crippen molar-refractivity contribution in [2.45, 2.75) is 6.61 Å². The lowest BCUT2D eigenvalue weighted by Gasteiger charge is -2.09. The van der Waals surface area contributed by atoms with Crippen LogP contribution in [0.1, 0.15) is 15.4 Å². The molecule has 2 heterocycles. The Labute approximate surface area is 162 Å². The normalized spacial score (nSPS) is 11.3. The molecule has 0 radical (unpaired) electrons. The van der Waals surface area contributed by atoms with Crippen molar-refractivity contribution < 1.29 is 18.3 Å². The molecule has 0 N–H and O–H groups in total. The lowest BCUT2D eigenvalue weighted by molar-refractivity contribution is 0.0993. The summed E-state index contributed by atoms with van der Waals surface area (Å²) in [6.07, 6.45) is 2.66. The Hall–Kier alpha value is -2.65. The second-order valence-corrected chi connectivity index (χ2v) is 7.12. The first-order valence-electron chi connectivity index (χ1n) is 7.62. The highest BCUT2D eigenvalue weighted by Crippen LogP contribution is 2.27. The number of ether oxygens (including phenoxy) is 1. The maximum absolute atomic E-state index is 14.5. The van der Waals surface area contributed by atoms with Gasteiger partial charge < -0.3 is 9.64 Å². The van der Waals surface area contributed by atoms with Gasteiger partial charge in [-0.2, -0.15) is 4.99 Å². The number of fused-ring (bicyclic) bond motifs is 1. The van der Waals surface area contributed by atoms with Gasteiger partial charge in [-0.25, -0.2) is 18.7 Å². The molecule has 0 fully saturated rings. The van der Waals surface area contributed by atoms with Crippen LogP contribution in [0.5, 0.6) is 5.75 Å². The summed E-state index contributed by atoms with van der Waals surface area (Å²) < 4.78 is 33.8. The van der Waals surface area contributed by atoms with Gasteiger partial charge in [0.15, 0.2) is 11.6 Å². The number of thiazole rings is 1. The fourth-order valence-electron chi connectivity index (χ4n) is 2.12. The van der Waals surface area contributed by atoms with Gasteiger partial charge in [0, 0.05) is 20.3 Å².